The van der Waals surface area contributed by atoms with Crippen molar-refractivity contribution in [2.24, 2.45) is 7.05 Å². The second-order valence-corrected chi connectivity index (χ2v) is 3.93. The maximum absolute atomic E-state index is 5.33. The van der Waals surface area contributed by atoms with Crippen LogP contribution in [0, 0.1) is 6.92 Å². The maximum atomic E-state index is 5.33. The summed E-state index contributed by atoms with van der Waals surface area (Å²) >= 11 is 0. The molecule has 2 aromatic heterocycles. The molecular formula is C12H17N3O. The summed E-state index contributed by atoms with van der Waals surface area (Å²) in [6.07, 6.45) is 6.38. The molecule has 1 N–H and O–H groups in total. The number of likely N-dealkylation sites (N-methyl/N-ethyl adjacent to an activating group) is 1. The van der Waals surface area contributed by atoms with Crippen molar-refractivity contribution in [1.29, 1.82) is 0 Å². The fourth-order valence-electron chi connectivity index (χ4n) is 1.90. The Morgan fingerprint density at radius 1 is 1.56 bits per heavy atom. The summed E-state index contributed by atoms with van der Waals surface area (Å²) in [7, 11) is 3.97. The fourth-order valence-corrected chi connectivity index (χ4v) is 1.90. The minimum Gasteiger partial charge on any atom is -0.469 e. The molecule has 0 fully saturated rings. The molecular weight excluding hydrogens is 202 g/mol. The van der Waals surface area contributed by atoms with E-state index < -0.39 is 0 Å². The van der Waals surface area contributed by atoms with Crippen molar-refractivity contribution in [3.63, 3.8) is 0 Å². The SMILES string of the molecule is CNC(Cc1nccn1C)c1ccoc1C. The largest absolute Gasteiger partial charge is 0.469 e. The molecule has 2 heterocycles. The Morgan fingerprint density at radius 2 is 2.38 bits per heavy atom. The normalized spacial score (nSPS) is 12.9. The van der Waals surface area contributed by atoms with Crippen molar-refractivity contribution in [3.05, 3.63) is 41.9 Å². The highest BCUT2D eigenvalue weighted by Crippen LogP contribution is 2.21. The van der Waals surface area contributed by atoms with Gasteiger partial charge in [-0.05, 0) is 20.0 Å². The zero-order valence-electron chi connectivity index (χ0n) is 9.90. The molecule has 0 spiro atoms. The number of furan rings is 1. The molecule has 0 aliphatic heterocycles. The molecule has 1 unspecified atom stereocenters. The summed E-state index contributed by atoms with van der Waals surface area (Å²) in [5, 5.41) is 3.30. The van der Waals surface area contributed by atoms with E-state index in [-0.39, 0.29) is 6.04 Å². The van der Waals surface area contributed by atoms with Crippen LogP contribution in [0.2, 0.25) is 0 Å². The number of imidazole rings is 1. The van der Waals surface area contributed by atoms with Crippen molar-refractivity contribution in [2.45, 2.75) is 19.4 Å². The molecule has 2 rings (SSSR count). The first kappa shape index (κ1) is 11.0. The van der Waals surface area contributed by atoms with Gasteiger partial charge in [-0.2, -0.15) is 0 Å². The van der Waals surface area contributed by atoms with Crippen LogP contribution in [-0.2, 0) is 13.5 Å². The summed E-state index contributed by atoms with van der Waals surface area (Å²) < 4.78 is 7.37. The molecule has 2 aromatic rings. The van der Waals surface area contributed by atoms with Gasteiger partial charge in [-0.3, -0.25) is 0 Å². The first-order valence-corrected chi connectivity index (χ1v) is 5.40. The average molecular weight is 219 g/mol. The predicted molar refractivity (Wildman–Crippen MR) is 62.2 cm³/mol. The number of hydrogen-bond acceptors (Lipinski definition) is 3. The third-order valence-corrected chi connectivity index (χ3v) is 2.93. The molecule has 86 valence electrons. The van der Waals surface area contributed by atoms with Gasteiger partial charge in [-0.15, -0.1) is 0 Å². The predicted octanol–water partition coefficient (Wildman–Crippen LogP) is 1.82. The van der Waals surface area contributed by atoms with E-state index in [0.29, 0.717) is 0 Å². The van der Waals surface area contributed by atoms with Crippen LogP contribution >= 0.6 is 0 Å². The Bertz CT molecular complexity index is 458. The van der Waals surface area contributed by atoms with Crippen molar-refractivity contribution < 1.29 is 4.42 Å². The van der Waals surface area contributed by atoms with Crippen LogP contribution in [0.25, 0.3) is 0 Å². The van der Waals surface area contributed by atoms with E-state index in [1.165, 1.54) is 5.56 Å². The van der Waals surface area contributed by atoms with Gasteiger partial charge >= 0.3 is 0 Å². The minimum atomic E-state index is 0.250. The third-order valence-electron chi connectivity index (χ3n) is 2.93. The van der Waals surface area contributed by atoms with Gasteiger partial charge in [0.05, 0.1) is 6.26 Å². The molecule has 0 radical (unpaired) electrons. The van der Waals surface area contributed by atoms with Crippen molar-refractivity contribution >= 4 is 0 Å². The molecule has 4 nitrogen and oxygen atoms in total. The van der Waals surface area contributed by atoms with Gasteiger partial charge in [0.25, 0.3) is 0 Å². The lowest BCUT2D eigenvalue weighted by molar-refractivity contribution is 0.506. The number of rotatable bonds is 4. The highest BCUT2D eigenvalue weighted by molar-refractivity contribution is 5.21. The number of aromatic nitrogens is 2. The van der Waals surface area contributed by atoms with Crippen LogP contribution < -0.4 is 5.32 Å². The molecule has 1 atom stereocenters. The van der Waals surface area contributed by atoms with Crippen LogP contribution in [0.5, 0.6) is 0 Å². The van der Waals surface area contributed by atoms with E-state index in [1.54, 1.807) is 6.26 Å². The van der Waals surface area contributed by atoms with Crippen LogP contribution in [-0.4, -0.2) is 16.6 Å². The van der Waals surface area contributed by atoms with E-state index in [4.69, 9.17) is 4.42 Å². The standard InChI is InChI=1S/C12H17N3O/c1-9-10(4-7-16-9)11(13-2)8-12-14-5-6-15(12)3/h4-7,11,13H,8H2,1-3H3. The quantitative estimate of drug-likeness (QED) is 0.853. The Kier molecular flexibility index (Phi) is 3.10. The zero-order chi connectivity index (χ0) is 11.5. The molecule has 16 heavy (non-hydrogen) atoms. The lowest BCUT2D eigenvalue weighted by Crippen LogP contribution is -2.20. The summed E-state index contributed by atoms with van der Waals surface area (Å²) in [6.45, 7) is 1.98. The van der Waals surface area contributed by atoms with Gasteiger partial charge < -0.3 is 14.3 Å². The summed E-state index contributed by atoms with van der Waals surface area (Å²) in [4.78, 5) is 4.34. The highest BCUT2D eigenvalue weighted by Gasteiger charge is 2.16. The van der Waals surface area contributed by atoms with E-state index in [2.05, 4.69) is 10.3 Å². The van der Waals surface area contributed by atoms with Gasteiger partial charge in [0.15, 0.2) is 0 Å². The summed E-state index contributed by atoms with van der Waals surface area (Å²) in [5.41, 5.74) is 1.20. The average Bonchev–Trinajstić information content (AvgIpc) is 2.85. The molecule has 0 bridgehead atoms. The van der Waals surface area contributed by atoms with E-state index in [9.17, 15) is 0 Å². The van der Waals surface area contributed by atoms with Crippen molar-refractivity contribution in [2.75, 3.05) is 7.05 Å². The lowest BCUT2D eigenvalue weighted by atomic mass is 10.0. The monoisotopic (exact) mass is 219 g/mol. The third kappa shape index (κ3) is 2.02. The first-order chi connectivity index (χ1) is 7.72. The van der Waals surface area contributed by atoms with Crippen molar-refractivity contribution in [3.8, 4) is 0 Å². The Balaban J connectivity index is 2.19. The molecule has 4 heteroatoms. The van der Waals surface area contributed by atoms with Crippen molar-refractivity contribution in [1.82, 2.24) is 14.9 Å². The van der Waals surface area contributed by atoms with Crippen LogP contribution in [0.1, 0.15) is 23.2 Å². The van der Waals surface area contributed by atoms with Crippen LogP contribution in [0.4, 0.5) is 0 Å². The van der Waals surface area contributed by atoms with Crippen LogP contribution in [0.15, 0.2) is 29.1 Å². The second kappa shape index (κ2) is 4.53. The number of aryl methyl sites for hydroxylation is 2. The zero-order valence-corrected chi connectivity index (χ0v) is 9.90. The molecule has 0 aliphatic carbocycles. The Hall–Kier alpha value is -1.55. The molecule has 0 saturated carbocycles. The fraction of sp³-hybridized carbons (Fsp3) is 0.417. The Morgan fingerprint density at radius 3 is 2.88 bits per heavy atom. The molecule has 0 saturated heterocycles. The molecule has 0 aromatic carbocycles. The van der Waals surface area contributed by atoms with Gasteiger partial charge in [0, 0.05) is 37.5 Å². The summed E-state index contributed by atoms with van der Waals surface area (Å²) in [6, 6.07) is 2.26. The van der Waals surface area contributed by atoms with Gasteiger partial charge in [-0.1, -0.05) is 0 Å². The summed E-state index contributed by atoms with van der Waals surface area (Å²) in [5.74, 6) is 2.04. The van der Waals surface area contributed by atoms with Gasteiger partial charge in [0.2, 0.25) is 0 Å². The minimum absolute atomic E-state index is 0.250. The van der Waals surface area contributed by atoms with Gasteiger partial charge in [0.1, 0.15) is 11.6 Å². The Labute approximate surface area is 95.3 Å². The number of nitrogens with one attached hydrogen (secondary N) is 1. The second-order valence-electron chi connectivity index (χ2n) is 3.93. The number of nitrogens with zero attached hydrogens (tertiary/aromatic N) is 2. The topological polar surface area (TPSA) is 43.0 Å². The molecule has 0 aliphatic rings. The van der Waals surface area contributed by atoms with Gasteiger partial charge in [-0.25, -0.2) is 4.98 Å². The first-order valence-electron chi connectivity index (χ1n) is 5.40. The maximum Gasteiger partial charge on any atom is 0.110 e. The smallest absolute Gasteiger partial charge is 0.110 e. The highest BCUT2D eigenvalue weighted by atomic mass is 16.3. The van der Waals surface area contributed by atoms with E-state index >= 15 is 0 Å². The number of hydrogen-bond donors (Lipinski definition) is 1. The van der Waals surface area contributed by atoms with Crippen LogP contribution in [0.3, 0.4) is 0 Å². The molecule has 0 amide bonds. The van der Waals surface area contributed by atoms with E-state index in [0.717, 1.165) is 18.0 Å². The van der Waals surface area contributed by atoms with E-state index in [1.807, 2.05) is 44.0 Å². The lowest BCUT2D eigenvalue weighted by Gasteiger charge is -2.15.